The highest BCUT2D eigenvalue weighted by Crippen LogP contribution is 2.35. The van der Waals surface area contributed by atoms with E-state index in [4.69, 9.17) is 0 Å². The molecule has 1 N–H and O–H groups in total. The van der Waals surface area contributed by atoms with Crippen molar-refractivity contribution in [3.63, 3.8) is 0 Å². The van der Waals surface area contributed by atoms with Crippen molar-refractivity contribution in [1.82, 2.24) is 4.72 Å². The SMILES string of the molecule is Cc1ccc(S(=O)(=O)NC[C@H](c2ccc(N(C)C)cc2)N2CCc3ccccc32)c(C)c1. The van der Waals surface area contributed by atoms with Crippen molar-refractivity contribution in [3.05, 3.63) is 89.0 Å². The summed E-state index contributed by atoms with van der Waals surface area (Å²) in [5, 5.41) is 0. The van der Waals surface area contributed by atoms with E-state index in [-0.39, 0.29) is 6.04 Å². The van der Waals surface area contributed by atoms with E-state index in [2.05, 4.69) is 57.0 Å². The van der Waals surface area contributed by atoms with E-state index < -0.39 is 10.0 Å². The number of aryl methyl sites for hydroxylation is 2. The van der Waals surface area contributed by atoms with Crippen LogP contribution < -0.4 is 14.5 Å². The minimum absolute atomic E-state index is 0.101. The molecule has 0 radical (unpaired) electrons. The van der Waals surface area contributed by atoms with Crippen molar-refractivity contribution in [2.24, 2.45) is 0 Å². The number of rotatable bonds is 7. The molecule has 168 valence electrons. The van der Waals surface area contributed by atoms with Crippen molar-refractivity contribution in [1.29, 1.82) is 0 Å². The Kier molecular flexibility index (Phi) is 6.26. The average Bonchev–Trinajstić information content (AvgIpc) is 3.18. The van der Waals surface area contributed by atoms with E-state index in [1.165, 1.54) is 11.3 Å². The number of hydrogen-bond donors (Lipinski definition) is 1. The van der Waals surface area contributed by atoms with Gasteiger partial charge in [0.15, 0.2) is 0 Å². The Bertz CT molecular complexity index is 1200. The van der Waals surface area contributed by atoms with Gasteiger partial charge in [-0.15, -0.1) is 0 Å². The Labute approximate surface area is 191 Å². The van der Waals surface area contributed by atoms with Crippen LogP contribution in [0.4, 0.5) is 11.4 Å². The molecule has 1 heterocycles. The van der Waals surface area contributed by atoms with E-state index in [9.17, 15) is 8.42 Å². The van der Waals surface area contributed by atoms with Gasteiger partial charge in [-0.3, -0.25) is 0 Å². The van der Waals surface area contributed by atoms with Crippen LogP contribution in [0.5, 0.6) is 0 Å². The van der Waals surface area contributed by atoms with E-state index in [1.807, 2.05) is 46.1 Å². The average molecular weight is 450 g/mol. The van der Waals surface area contributed by atoms with Crippen LogP contribution in [0.3, 0.4) is 0 Å². The van der Waals surface area contributed by atoms with Gasteiger partial charge < -0.3 is 9.80 Å². The molecule has 0 unspecified atom stereocenters. The van der Waals surface area contributed by atoms with Gasteiger partial charge in [-0.2, -0.15) is 0 Å². The third-order valence-electron chi connectivity index (χ3n) is 6.18. The number of anilines is 2. The second-order valence-corrected chi connectivity index (χ2v) is 10.4. The standard InChI is InChI=1S/C26H31N3O2S/c1-19-9-14-26(20(2)17-19)32(30,31)27-18-25(22-10-12-23(13-11-22)28(3)4)29-16-15-21-7-5-6-8-24(21)29/h5-14,17,25,27H,15-16,18H2,1-4H3/t25-/m1/s1. The Morgan fingerprint density at radius 1 is 1.00 bits per heavy atom. The summed E-state index contributed by atoms with van der Waals surface area (Å²) >= 11 is 0. The van der Waals surface area contributed by atoms with Crippen molar-refractivity contribution in [2.75, 3.05) is 37.0 Å². The summed E-state index contributed by atoms with van der Waals surface area (Å²) in [7, 11) is 0.406. The Hall–Kier alpha value is -2.83. The van der Waals surface area contributed by atoms with Gasteiger partial charge in [0, 0.05) is 38.6 Å². The van der Waals surface area contributed by atoms with Gasteiger partial charge in [-0.05, 0) is 61.2 Å². The zero-order valence-electron chi connectivity index (χ0n) is 19.2. The third-order valence-corrected chi connectivity index (χ3v) is 7.76. The molecule has 5 nitrogen and oxygen atoms in total. The van der Waals surface area contributed by atoms with Gasteiger partial charge in [0.2, 0.25) is 10.0 Å². The first-order valence-electron chi connectivity index (χ1n) is 10.9. The molecule has 1 aliphatic rings. The molecule has 1 aliphatic heterocycles. The largest absolute Gasteiger partial charge is 0.378 e. The monoisotopic (exact) mass is 449 g/mol. The summed E-state index contributed by atoms with van der Waals surface area (Å²) in [5.74, 6) is 0. The van der Waals surface area contributed by atoms with E-state index >= 15 is 0 Å². The molecule has 3 aromatic carbocycles. The third kappa shape index (κ3) is 4.52. The molecule has 0 bridgehead atoms. The summed E-state index contributed by atoms with van der Waals surface area (Å²) in [6.07, 6.45) is 0.965. The maximum Gasteiger partial charge on any atom is 0.240 e. The van der Waals surface area contributed by atoms with Gasteiger partial charge in [0.05, 0.1) is 10.9 Å². The zero-order chi connectivity index (χ0) is 22.9. The molecule has 0 aromatic heterocycles. The lowest BCUT2D eigenvalue weighted by atomic mass is 10.0. The van der Waals surface area contributed by atoms with Gasteiger partial charge in [-0.1, -0.05) is 48.0 Å². The van der Waals surface area contributed by atoms with Crippen LogP contribution in [0, 0.1) is 13.8 Å². The Morgan fingerprint density at radius 3 is 2.41 bits per heavy atom. The molecule has 0 saturated heterocycles. The number of benzene rings is 3. The summed E-state index contributed by atoms with van der Waals surface area (Å²) in [5.41, 5.74) is 6.50. The number of nitrogens with one attached hydrogen (secondary N) is 1. The fraction of sp³-hybridized carbons (Fsp3) is 0.308. The summed E-state index contributed by atoms with van der Waals surface area (Å²) in [6, 6.07) is 22.1. The summed E-state index contributed by atoms with van der Waals surface area (Å²) in [4.78, 5) is 4.73. The van der Waals surface area contributed by atoms with Crippen LogP contribution in [0.25, 0.3) is 0 Å². The number of para-hydroxylation sites is 1. The van der Waals surface area contributed by atoms with Gasteiger partial charge >= 0.3 is 0 Å². The molecule has 32 heavy (non-hydrogen) atoms. The normalized spacial score (nSPS) is 14.3. The van der Waals surface area contributed by atoms with Crippen molar-refractivity contribution >= 4 is 21.4 Å². The van der Waals surface area contributed by atoms with Crippen LogP contribution in [-0.4, -0.2) is 35.6 Å². The first-order valence-corrected chi connectivity index (χ1v) is 12.4. The van der Waals surface area contributed by atoms with Crippen LogP contribution in [0.2, 0.25) is 0 Å². The minimum atomic E-state index is -3.62. The molecule has 0 spiro atoms. The second kappa shape index (κ2) is 8.96. The fourth-order valence-electron chi connectivity index (χ4n) is 4.46. The minimum Gasteiger partial charge on any atom is -0.378 e. The topological polar surface area (TPSA) is 52.7 Å². The molecule has 0 aliphatic carbocycles. The molecule has 0 fully saturated rings. The van der Waals surface area contributed by atoms with Crippen LogP contribution in [-0.2, 0) is 16.4 Å². The van der Waals surface area contributed by atoms with Crippen molar-refractivity contribution < 1.29 is 8.42 Å². The molecular formula is C26H31N3O2S. The first-order chi connectivity index (χ1) is 15.3. The predicted molar refractivity (Wildman–Crippen MR) is 132 cm³/mol. The summed E-state index contributed by atoms with van der Waals surface area (Å²) in [6.45, 7) is 4.97. The number of sulfonamides is 1. The lowest BCUT2D eigenvalue weighted by Crippen LogP contribution is -2.37. The zero-order valence-corrected chi connectivity index (χ0v) is 20.0. The predicted octanol–water partition coefficient (Wildman–Crippen LogP) is 4.45. The lowest BCUT2D eigenvalue weighted by molar-refractivity contribution is 0.562. The van der Waals surface area contributed by atoms with Gasteiger partial charge in [0.1, 0.15) is 0 Å². The lowest BCUT2D eigenvalue weighted by Gasteiger charge is -2.31. The van der Waals surface area contributed by atoms with Crippen molar-refractivity contribution in [2.45, 2.75) is 31.2 Å². The van der Waals surface area contributed by atoms with Gasteiger partial charge in [-0.25, -0.2) is 13.1 Å². The second-order valence-electron chi connectivity index (χ2n) is 8.69. The molecule has 3 aromatic rings. The van der Waals surface area contributed by atoms with Crippen LogP contribution in [0.1, 0.15) is 28.3 Å². The van der Waals surface area contributed by atoms with Crippen LogP contribution >= 0.6 is 0 Å². The van der Waals surface area contributed by atoms with Gasteiger partial charge in [0.25, 0.3) is 0 Å². The molecule has 1 atom stereocenters. The number of nitrogens with zero attached hydrogens (tertiary/aromatic N) is 2. The van der Waals surface area contributed by atoms with E-state index in [0.29, 0.717) is 11.4 Å². The summed E-state index contributed by atoms with van der Waals surface area (Å²) < 4.78 is 29.2. The highest BCUT2D eigenvalue weighted by atomic mass is 32.2. The first kappa shape index (κ1) is 22.4. The van der Waals surface area contributed by atoms with Crippen LogP contribution in [0.15, 0.2) is 71.6 Å². The highest BCUT2D eigenvalue weighted by Gasteiger charge is 2.29. The molecular weight excluding hydrogens is 418 g/mol. The fourth-order valence-corrected chi connectivity index (χ4v) is 5.72. The van der Waals surface area contributed by atoms with E-state index in [0.717, 1.165) is 35.3 Å². The molecule has 6 heteroatoms. The molecule has 0 amide bonds. The smallest absolute Gasteiger partial charge is 0.240 e. The van der Waals surface area contributed by atoms with E-state index in [1.54, 1.807) is 6.07 Å². The number of fused-ring (bicyclic) bond motifs is 1. The molecule has 4 rings (SSSR count). The number of hydrogen-bond acceptors (Lipinski definition) is 4. The Balaban J connectivity index is 1.65. The Morgan fingerprint density at radius 2 is 1.72 bits per heavy atom. The quantitative estimate of drug-likeness (QED) is 0.579. The van der Waals surface area contributed by atoms with Crippen molar-refractivity contribution in [3.8, 4) is 0 Å². The highest BCUT2D eigenvalue weighted by molar-refractivity contribution is 7.89. The molecule has 0 saturated carbocycles. The maximum atomic E-state index is 13.2. The maximum absolute atomic E-state index is 13.2.